The maximum Gasteiger partial charge on any atom is 0.251 e. The number of rotatable bonds is 8. The zero-order chi connectivity index (χ0) is 20.6. The van der Waals surface area contributed by atoms with Crippen LogP contribution >= 0.6 is 0 Å². The van der Waals surface area contributed by atoms with E-state index in [1.165, 1.54) is 0 Å². The van der Waals surface area contributed by atoms with Crippen LogP contribution in [0.25, 0.3) is 0 Å². The van der Waals surface area contributed by atoms with E-state index >= 15 is 0 Å². The first-order chi connectivity index (χ1) is 14.1. The van der Waals surface area contributed by atoms with Gasteiger partial charge in [0.15, 0.2) is 17.8 Å². The zero-order valence-corrected chi connectivity index (χ0v) is 17.1. The Morgan fingerprint density at radius 1 is 1.07 bits per heavy atom. The largest absolute Gasteiger partial charge is 0.490 e. The smallest absolute Gasteiger partial charge is 0.251 e. The second-order valence-electron chi connectivity index (χ2n) is 7.04. The van der Waals surface area contributed by atoms with Crippen LogP contribution in [-0.2, 0) is 14.3 Å². The Bertz CT molecular complexity index is 696. The third-order valence-electron chi connectivity index (χ3n) is 5.13. The molecule has 160 valence electrons. The van der Waals surface area contributed by atoms with Gasteiger partial charge < -0.3 is 29.2 Å². The maximum absolute atomic E-state index is 12.5. The van der Waals surface area contributed by atoms with Crippen LogP contribution in [0.4, 0.5) is 0 Å². The lowest BCUT2D eigenvalue weighted by Gasteiger charge is -2.33. The quantitative estimate of drug-likeness (QED) is 0.709. The standard InChI is InChI=1S/C21H30N2O6/c1-3-26-17-6-5-16(13-18(17)27-4-2)20(25)22-14-19(24)23-9-7-15(8-10-23)21-28-11-12-29-21/h5-6,13,15,21H,3-4,7-12,14H2,1-2H3,(H,22,25). The lowest BCUT2D eigenvalue weighted by Crippen LogP contribution is -2.45. The van der Waals surface area contributed by atoms with E-state index in [0.717, 1.165) is 12.8 Å². The number of likely N-dealkylation sites (tertiary alicyclic amines) is 1. The van der Waals surface area contributed by atoms with Crippen molar-refractivity contribution >= 4 is 11.8 Å². The fraction of sp³-hybridized carbons (Fsp3) is 0.619. The summed E-state index contributed by atoms with van der Waals surface area (Å²) in [6.45, 7) is 7.30. The molecule has 0 spiro atoms. The Hall–Kier alpha value is -2.32. The number of carbonyl (C=O) groups is 2. The number of benzene rings is 1. The van der Waals surface area contributed by atoms with Gasteiger partial charge in [-0.05, 0) is 44.9 Å². The predicted octanol–water partition coefficient (Wildman–Crippen LogP) is 1.83. The van der Waals surface area contributed by atoms with Gasteiger partial charge in [-0.25, -0.2) is 0 Å². The Labute approximate surface area is 171 Å². The molecule has 0 unspecified atom stereocenters. The molecule has 0 radical (unpaired) electrons. The lowest BCUT2D eigenvalue weighted by atomic mass is 9.96. The average Bonchev–Trinajstić information content (AvgIpc) is 3.28. The summed E-state index contributed by atoms with van der Waals surface area (Å²) in [6, 6.07) is 5.02. The zero-order valence-electron chi connectivity index (χ0n) is 17.1. The van der Waals surface area contributed by atoms with Crippen molar-refractivity contribution in [1.82, 2.24) is 10.2 Å². The first kappa shape index (κ1) is 21.4. The van der Waals surface area contributed by atoms with Gasteiger partial charge in [-0.1, -0.05) is 0 Å². The number of piperidine rings is 1. The van der Waals surface area contributed by atoms with Crippen LogP contribution in [0.15, 0.2) is 18.2 Å². The van der Waals surface area contributed by atoms with Gasteiger partial charge in [0, 0.05) is 24.6 Å². The van der Waals surface area contributed by atoms with Gasteiger partial charge in [-0.2, -0.15) is 0 Å². The Morgan fingerprint density at radius 2 is 1.72 bits per heavy atom. The van der Waals surface area contributed by atoms with Crippen LogP contribution in [0.1, 0.15) is 37.0 Å². The van der Waals surface area contributed by atoms with Crippen molar-refractivity contribution in [2.75, 3.05) is 46.1 Å². The van der Waals surface area contributed by atoms with E-state index < -0.39 is 0 Å². The molecule has 8 nitrogen and oxygen atoms in total. The second kappa shape index (κ2) is 10.5. The summed E-state index contributed by atoms with van der Waals surface area (Å²) in [6.07, 6.45) is 1.56. The summed E-state index contributed by atoms with van der Waals surface area (Å²) in [5.74, 6) is 1.05. The summed E-state index contributed by atoms with van der Waals surface area (Å²) in [5.41, 5.74) is 0.430. The first-order valence-corrected chi connectivity index (χ1v) is 10.3. The van der Waals surface area contributed by atoms with Gasteiger partial charge in [-0.15, -0.1) is 0 Å². The first-order valence-electron chi connectivity index (χ1n) is 10.3. The molecule has 0 saturated carbocycles. The Kier molecular flexibility index (Phi) is 7.71. The molecule has 0 aliphatic carbocycles. The summed E-state index contributed by atoms with van der Waals surface area (Å²) >= 11 is 0. The molecule has 1 N–H and O–H groups in total. The van der Waals surface area contributed by atoms with Crippen LogP contribution < -0.4 is 14.8 Å². The number of ether oxygens (including phenoxy) is 4. The predicted molar refractivity (Wildman–Crippen MR) is 106 cm³/mol. The van der Waals surface area contributed by atoms with Gasteiger partial charge in [0.25, 0.3) is 5.91 Å². The van der Waals surface area contributed by atoms with Crippen LogP contribution in [0.5, 0.6) is 11.5 Å². The molecular weight excluding hydrogens is 376 g/mol. The number of nitrogens with one attached hydrogen (secondary N) is 1. The van der Waals surface area contributed by atoms with Crippen molar-refractivity contribution in [2.24, 2.45) is 5.92 Å². The summed E-state index contributed by atoms with van der Waals surface area (Å²) in [5, 5.41) is 2.71. The number of carbonyl (C=O) groups excluding carboxylic acids is 2. The fourth-order valence-corrected chi connectivity index (χ4v) is 3.63. The third kappa shape index (κ3) is 5.61. The van der Waals surface area contributed by atoms with Crippen LogP contribution in [0.2, 0.25) is 0 Å². The molecule has 2 saturated heterocycles. The topological polar surface area (TPSA) is 86.3 Å². The highest BCUT2D eigenvalue weighted by atomic mass is 16.7. The maximum atomic E-state index is 12.5. The van der Waals surface area contributed by atoms with E-state index in [9.17, 15) is 9.59 Å². The average molecular weight is 406 g/mol. The lowest BCUT2D eigenvalue weighted by molar-refractivity contribution is -0.135. The number of nitrogens with zero attached hydrogens (tertiary/aromatic N) is 1. The molecular formula is C21H30N2O6. The van der Waals surface area contributed by atoms with Crippen LogP contribution in [0, 0.1) is 5.92 Å². The highest BCUT2D eigenvalue weighted by molar-refractivity contribution is 5.97. The summed E-state index contributed by atoms with van der Waals surface area (Å²) in [4.78, 5) is 26.7. The third-order valence-corrected chi connectivity index (χ3v) is 5.13. The van der Waals surface area contributed by atoms with E-state index in [-0.39, 0.29) is 24.6 Å². The van der Waals surface area contributed by atoms with Crippen molar-refractivity contribution in [3.8, 4) is 11.5 Å². The van der Waals surface area contributed by atoms with Gasteiger partial charge in [0.1, 0.15) is 0 Å². The monoisotopic (exact) mass is 406 g/mol. The van der Waals surface area contributed by atoms with Crippen LogP contribution in [-0.4, -0.2) is 69.1 Å². The fourth-order valence-electron chi connectivity index (χ4n) is 3.63. The molecule has 1 aromatic rings. The molecule has 2 amide bonds. The molecule has 1 aromatic carbocycles. The minimum Gasteiger partial charge on any atom is -0.490 e. The van der Waals surface area contributed by atoms with Crippen molar-refractivity contribution in [3.05, 3.63) is 23.8 Å². The molecule has 29 heavy (non-hydrogen) atoms. The van der Waals surface area contributed by atoms with E-state index in [4.69, 9.17) is 18.9 Å². The van der Waals surface area contributed by atoms with E-state index in [1.807, 2.05) is 13.8 Å². The van der Waals surface area contributed by atoms with Gasteiger partial charge in [0.2, 0.25) is 5.91 Å². The molecule has 8 heteroatoms. The van der Waals surface area contributed by atoms with Crippen LogP contribution in [0.3, 0.4) is 0 Å². The number of hydrogen-bond acceptors (Lipinski definition) is 6. The van der Waals surface area contributed by atoms with Gasteiger partial charge >= 0.3 is 0 Å². The summed E-state index contributed by atoms with van der Waals surface area (Å²) in [7, 11) is 0. The molecule has 0 aromatic heterocycles. The van der Waals surface area contributed by atoms with E-state index in [2.05, 4.69) is 5.32 Å². The highest BCUT2D eigenvalue weighted by Crippen LogP contribution is 2.28. The molecule has 2 heterocycles. The van der Waals surface area contributed by atoms with Gasteiger partial charge in [-0.3, -0.25) is 9.59 Å². The molecule has 0 atom stereocenters. The summed E-state index contributed by atoms with van der Waals surface area (Å²) < 4.78 is 22.2. The van der Waals surface area contributed by atoms with Crippen molar-refractivity contribution in [2.45, 2.75) is 33.0 Å². The number of hydrogen-bond donors (Lipinski definition) is 1. The minimum atomic E-state index is -0.315. The van der Waals surface area contributed by atoms with Crippen molar-refractivity contribution in [3.63, 3.8) is 0 Å². The highest BCUT2D eigenvalue weighted by Gasteiger charge is 2.31. The SMILES string of the molecule is CCOc1ccc(C(=O)NCC(=O)N2CCC(C3OCCO3)CC2)cc1OCC. The second-order valence-corrected chi connectivity index (χ2v) is 7.04. The molecule has 0 bridgehead atoms. The van der Waals surface area contributed by atoms with Crippen molar-refractivity contribution < 1.29 is 28.5 Å². The number of amides is 2. The Balaban J connectivity index is 1.48. The molecule has 2 fully saturated rings. The Morgan fingerprint density at radius 3 is 2.38 bits per heavy atom. The molecule has 2 aliphatic heterocycles. The molecule has 3 rings (SSSR count). The normalized spacial score (nSPS) is 17.9. The van der Waals surface area contributed by atoms with E-state index in [0.29, 0.717) is 62.5 Å². The molecule has 2 aliphatic rings. The van der Waals surface area contributed by atoms with Gasteiger partial charge in [0.05, 0.1) is 33.0 Å². The van der Waals surface area contributed by atoms with E-state index in [1.54, 1.807) is 23.1 Å². The minimum absolute atomic E-state index is 0.0306. The van der Waals surface area contributed by atoms with Crippen molar-refractivity contribution in [1.29, 1.82) is 0 Å².